The predicted octanol–water partition coefficient (Wildman–Crippen LogP) is 0.114. The molecular weight excluding hydrogens is 328 g/mol. The molecule has 1 heterocycles. The van der Waals surface area contributed by atoms with Crippen molar-refractivity contribution in [1.29, 1.82) is 0 Å². The average Bonchev–Trinajstić information content (AvgIpc) is 2.77. The standard InChI is InChI=1S/C11H11S3.ClHO4/c1-2-12-11-13-8-10(14-11)9-6-4-3-5-7-9;2-1(3,4)5/h3-8H,2H2,1H3;(H,2,3,4,5)/q+1;/p-1. The summed E-state index contributed by atoms with van der Waals surface area (Å²) >= 11 is 5.67. The Morgan fingerprint density at radius 3 is 2.26 bits per heavy atom. The van der Waals surface area contributed by atoms with Crippen LogP contribution in [0, 0.1) is 10.2 Å². The number of rotatable bonds is 3. The second-order valence-electron chi connectivity index (χ2n) is 3.13. The van der Waals surface area contributed by atoms with E-state index in [1.807, 2.05) is 34.4 Å². The smallest absolute Gasteiger partial charge is 0.222 e. The number of hydrogen-bond acceptors (Lipinski definition) is 6. The van der Waals surface area contributed by atoms with Crippen molar-refractivity contribution in [3.05, 3.63) is 35.7 Å². The van der Waals surface area contributed by atoms with E-state index in [2.05, 4.69) is 42.6 Å². The van der Waals surface area contributed by atoms with Crippen molar-refractivity contribution in [2.45, 2.75) is 10.4 Å². The van der Waals surface area contributed by atoms with Crippen molar-refractivity contribution in [3.63, 3.8) is 0 Å². The van der Waals surface area contributed by atoms with Crippen molar-refractivity contribution in [2.75, 3.05) is 5.75 Å². The third-order valence-electron chi connectivity index (χ3n) is 1.78. The van der Waals surface area contributed by atoms with Crippen LogP contribution in [0.4, 0.5) is 0 Å². The first kappa shape index (κ1) is 16.8. The normalized spacial score (nSPS) is 10.8. The molecule has 0 unspecified atom stereocenters. The lowest BCUT2D eigenvalue weighted by molar-refractivity contribution is -2.00. The zero-order valence-corrected chi connectivity index (χ0v) is 13.1. The molecule has 0 bridgehead atoms. The minimum absolute atomic E-state index is 1.16. The summed E-state index contributed by atoms with van der Waals surface area (Å²) in [7, 11) is -4.94. The van der Waals surface area contributed by atoms with Gasteiger partial charge in [-0.1, -0.05) is 49.0 Å². The highest BCUT2D eigenvalue weighted by molar-refractivity contribution is 8.03. The molecule has 0 radical (unpaired) electrons. The van der Waals surface area contributed by atoms with Crippen molar-refractivity contribution >= 4 is 34.4 Å². The van der Waals surface area contributed by atoms with Crippen molar-refractivity contribution in [1.82, 2.24) is 0 Å². The van der Waals surface area contributed by atoms with Gasteiger partial charge in [-0.05, 0) is 0 Å². The van der Waals surface area contributed by atoms with E-state index in [-0.39, 0.29) is 0 Å². The molecule has 19 heavy (non-hydrogen) atoms. The second kappa shape index (κ2) is 8.13. The monoisotopic (exact) mass is 338 g/mol. The molecule has 2 aromatic rings. The van der Waals surface area contributed by atoms with Gasteiger partial charge in [-0.15, -0.1) is 10.2 Å². The molecule has 0 atom stereocenters. The van der Waals surface area contributed by atoms with E-state index in [1.165, 1.54) is 14.0 Å². The number of halogens is 1. The molecule has 2 rings (SSSR count). The molecule has 0 aliphatic rings. The number of hydrogen-bond donors (Lipinski definition) is 0. The lowest BCUT2D eigenvalue weighted by Gasteiger charge is -2.17. The van der Waals surface area contributed by atoms with Crippen LogP contribution in [0.3, 0.4) is 0 Å². The minimum Gasteiger partial charge on any atom is -0.222 e. The van der Waals surface area contributed by atoms with E-state index in [0.29, 0.717) is 0 Å². The second-order valence-corrected chi connectivity index (χ2v) is 7.87. The van der Waals surface area contributed by atoms with Gasteiger partial charge in [-0.2, -0.15) is 0 Å². The maximum atomic E-state index is 8.49. The van der Waals surface area contributed by atoms with Crippen molar-refractivity contribution < 1.29 is 28.9 Å². The molecule has 0 N–H and O–H groups in total. The van der Waals surface area contributed by atoms with Crippen LogP contribution < -0.4 is 18.6 Å². The third kappa shape index (κ3) is 7.81. The maximum Gasteiger partial charge on any atom is 0.312 e. The summed E-state index contributed by atoms with van der Waals surface area (Å²) in [6.07, 6.45) is 0. The number of benzene rings is 1. The van der Waals surface area contributed by atoms with Crippen LogP contribution >= 0.6 is 34.4 Å². The van der Waals surface area contributed by atoms with E-state index >= 15 is 0 Å². The summed E-state index contributed by atoms with van der Waals surface area (Å²) in [6.45, 7) is 2.19. The molecule has 0 aliphatic heterocycles. The molecule has 0 saturated carbocycles. The predicted molar refractivity (Wildman–Crippen MR) is 68.4 cm³/mol. The Labute approximate surface area is 125 Å². The van der Waals surface area contributed by atoms with E-state index < -0.39 is 10.2 Å². The molecule has 8 heteroatoms. The molecule has 0 amide bonds. The largest absolute Gasteiger partial charge is 0.312 e. The van der Waals surface area contributed by atoms with Crippen LogP contribution in [0.15, 0.2) is 39.2 Å². The average molecular weight is 339 g/mol. The summed E-state index contributed by atoms with van der Waals surface area (Å²) in [5.41, 5.74) is 1.33. The van der Waals surface area contributed by atoms with Crippen LogP contribution in [0.2, 0.25) is 0 Å². The topological polar surface area (TPSA) is 92.2 Å². The Morgan fingerprint density at radius 1 is 1.16 bits per heavy atom. The van der Waals surface area contributed by atoms with Gasteiger partial charge in [0.1, 0.15) is 16.7 Å². The molecule has 1 aromatic carbocycles. The molecule has 0 spiro atoms. The van der Waals surface area contributed by atoms with Crippen molar-refractivity contribution in [2.24, 2.45) is 0 Å². The Balaban J connectivity index is 0.000000312. The zero-order chi connectivity index (χ0) is 14.3. The third-order valence-corrected chi connectivity index (χ3v) is 5.52. The fourth-order valence-corrected chi connectivity index (χ4v) is 4.73. The number of thioether (sulfide) groups is 1. The van der Waals surface area contributed by atoms with Crippen LogP contribution in [-0.2, 0) is 0 Å². The SMILES string of the molecule is CCSc1sc(-c2ccccc2)c[s+]1.[O-][Cl+3]([O-])([O-])[O-]. The van der Waals surface area contributed by atoms with Gasteiger partial charge >= 0.3 is 3.52 Å². The highest BCUT2D eigenvalue weighted by Crippen LogP contribution is 2.37. The first-order valence-electron chi connectivity index (χ1n) is 5.11. The van der Waals surface area contributed by atoms with Gasteiger partial charge in [-0.3, -0.25) is 0 Å². The summed E-state index contributed by atoms with van der Waals surface area (Å²) in [5, 5.41) is 2.25. The molecule has 0 aliphatic carbocycles. The molecule has 0 saturated heterocycles. The zero-order valence-electron chi connectivity index (χ0n) is 9.91. The first-order valence-corrected chi connectivity index (χ1v) is 9.03. The van der Waals surface area contributed by atoms with Gasteiger partial charge in [0.15, 0.2) is 4.88 Å². The highest BCUT2D eigenvalue weighted by Gasteiger charge is 2.14. The summed E-state index contributed by atoms with van der Waals surface area (Å²) < 4.78 is 35.4. The summed E-state index contributed by atoms with van der Waals surface area (Å²) in [6, 6.07) is 10.6. The Bertz CT molecular complexity index is 478. The Morgan fingerprint density at radius 2 is 1.74 bits per heavy atom. The van der Waals surface area contributed by atoms with Gasteiger partial charge in [0.2, 0.25) is 0 Å². The van der Waals surface area contributed by atoms with Gasteiger partial charge in [0.25, 0.3) is 0 Å². The molecular formula is C11H11ClO4S3. The maximum absolute atomic E-state index is 8.49. The quantitative estimate of drug-likeness (QED) is 0.585. The first-order chi connectivity index (χ1) is 8.90. The Kier molecular flexibility index (Phi) is 7.19. The van der Waals surface area contributed by atoms with Gasteiger partial charge in [-0.25, -0.2) is 18.6 Å². The van der Waals surface area contributed by atoms with E-state index in [1.54, 1.807) is 0 Å². The Hall–Kier alpha value is -0.250. The fourth-order valence-electron chi connectivity index (χ4n) is 1.15. The van der Waals surface area contributed by atoms with E-state index in [9.17, 15) is 0 Å². The fraction of sp³-hybridized carbons (Fsp3) is 0.182. The lowest BCUT2D eigenvalue weighted by Crippen LogP contribution is -2.68. The summed E-state index contributed by atoms with van der Waals surface area (Å²) in [4.78, 5) is 1.38. The molecule has 0 fully saturated rings. The van der Waals surface area contributed by atoms with Gasteiger partial charge < -0.3 is 0 Å². The molecule has 104 valence electrons. The lowest BCUT2D eigenvalue weighted by atomic mass is 10.2. The highest BCUT2D eigenvalue weighted by atomic mass is 35.7. The van der Waals surface area contributed by atoms with E-state index in [4.69, 9.17) is 18.6 Å². The van der Waals surface area contributed by atoms with Crippen LogP contribution in [0.5, 0.6) is 0 Å². The molecule has 4 nitrogen and oxygen atoms in total. The van der Waals surface area contributed by atoms with Crippen molar-refractivity contribution in [3.8, 4) is 10.4 Å². The minimum atomic E-state index is -4.94. The van der Waals surface area contributed by atoms with Gasteiger partial charge in [0, 0.05) is 11.3 Å². The molecule has 1 aromatic heterocycles. The van der Waals surface area contributed by atoms with Crippen LogP contribution in [-0.4, -0.2) is 5.75 Å². The summed E-state index contributed by atoms with van der Waals surface area (Å²) in [5.74, 6) is 1.16. The van der Waals surface area contributed by atoms with Gasteiger partial charge in [0.05, 0.1) is 11.3 Å². The van der Waals surface area contributed by atoms with E-state index in [0.717, 1.165) is 5.75 Å². The van der Waals surface area contributed by atoms with Crippen LogP contribution in [0.1, 0.15) is 6.92 Å². The van der Waals surface area contributed by atoms with Crippen LogP contribution in [0.25, 0.3) is 10.4 Å².